The molecule has 16 heavy (non-hydrogen) atoms. The number of ether oxygens (including phenoxy) is 1. The first-order valence-corrected chi connectivity index (χ1v) is 6.10. The zero-order chi connectivity index (χ0) is 11.4. The van der Waals surface area contributed by atoms with Crippen molar-refractivity contribution in [3.63, 3.8) is 0 Å². The van der Waals surface area contributed by atoms with Crippen LogP contribution in [0.1, 0.15) is 30.4 Å². The third-order valence-corrected chi connectivity index (χ3v) is 3.87. The van der Waals surface area contributed by atoms with Crippen LogP contribution >= 0.6 is 0 Å². The van der Waals surface area contributed by atoms with Crippen LogP contribution < -0.4 is 5.73 Å². The third kappa shape index (κ3) is 2.00. The fourth-order valence-corrected chi connectivity index (χ4v) is 2.88. The molecule has 1 aromatic carbocycles. The molecule has 0 radical (unpaired) electrons. The molecule has 0 heterocycles. The second kappa shape index (κ2) is 4.98. The van der Waals surface area contributed by atoms with Crippen LogP contribution in [0.5, 0.6) is 0 Å². The molecule has 2 N–H and O–H groups in total. The number of fused-ring (bicyclic) bond motifs is 1. The van der Waals surface area contributed by atoms with E-state index in [1.807, 2.05) is 0 Å². The summed E-state index contributed by atoms with van der Waals surface area (Å²) in [5.41, 5.74) is 9.14. The van der Waals surface area contributed by atoms with Gasteiger partial charge in [-0.25, -0.2) is 0 Å². The smallest absolute Gasteiger partial charge is 0.0471 e. The molecular weight excluding hydrogens is 198 g/mol. The molecule has 0 spiro atoms. The summed E-state index contributed by atoms with van der Waals surface area (Å²) in [5.74, 6) is 0. The van der Waals surface area contributed by atoms with Gasteiger partial charge >= 0.3 is 0 Å². The number of aryl methyl sites for hydroxylation is 1. The van der Waals surface area contributed by atoms with Crippen molar-refractivity contribution < 1.29 is 4.74 Å². The molecule has 0 aromatic heterocycles. The molecule has 2 heteroatoms. The van der Waals surface area contributed by atoms with Crippen LogP contribution in [-0.4, -0.2) is 20.3 Å². The van der Waals surface area contributed by atoms with Gasteiger partial charge < -0.3 is 10.5 Å². The Morgan fingerprint density at radius 3 is 2.94 bits per heavy atom. The zero-order valence-corrected chi connectivity index (χ0v) is 10.0. The lowest BCUT2D eigenvalue weighted by atomic mass is 9.68. The van der Waals surface area contributed by atoms with Crippen molar-refractivity contribution in [1.29, 1.82) is 0 Å². The lowest BCUT2D eigenvalue weighted by Gasteiger charge is -2.38. The summed E-state index contributed by atoms with van der Waals surface area (Å²) in [6.07, 6.45) is 4.68. The Bertz CT molecular complexity index is 350. The molecule has 0 bridgehead atoms. The Morgan fingerprint density at radius 2 is 2.19 bits per heavy atom. The molecule has 0 fully saturated rings. The minimum absolute atomic E-state index is 0.158. The maximum Gasteiger partial charge on any atom is 0.0471 e. The van der Waals surface area contributed by atoms with Gasteiger partial charge in [0.25, 0.3) is 0 Å². The van der Waals surface area contributed by atoms with E-state index in [4.69, 9.17) is 10.5 Å². The third-order valence-electron chi connectivity index (χ3n) is 3.87. The van der Waals surface area contributed by atoms with Crippen molar-refractivity contribution in [2.75, 3.05) is 20.3 Å². The Morgan fingerprint density at radius 1 is 1.38 bits per heavy atom. The van der Waals surface area contributed by atoms with E-state index in [0.717, 1.165) is 19.6 Å². The summed E-state index contributed by atoms with van der Waals surface area (Å²) in [7, 11) is 1.76. The second-order valence-corrected chi connectivity index (χ2v) is 4.74. The number of hydrogen-bond donors (Lipinski definition) is 1. The molecule has 1 aliphatic rings. The molecule has 2 nitrogen and oxygen atoms in total. The standard InChI is InChI=1S/C14H21NO/c1-16-10-9-14(11-15)8-4-6-12-5-2-3-7-13(12)14/h2-3,5,7H,4,6,8-11,15H2,1H3. The molecule has 1 unspecified atom stereocenters. The minimum atomic E-state index is 0.158. The molecule has 1 aromatic rings. The van der Waals surface area contributed by atoms with Crippen molar-refractivity contribution in [3.05, 3.63) is 35.4 Å². The quantitative estimate of drug-likeness (QED) is 0.843. The number of nitrogens with two attached hydrogens (primary N) is 1. The zero-order valence-electron chi connectivity index (χ0n) is 10.0. The van der Waals surface area contributed by atoms with Crippen molar-refractivity contribution >= 4 is 0 Å². The van der Waals surface area contributed by atoms with Crippen molar-refractivity contribution in [2.24, 2.45) is 5.73 Å². The summed E-state index contributed by atoms with van der Waals surface area (Å²) >= 11 is 0. The highest BCUT2D eigenvalue weighted by Gasteiger charge is 2.34. The Hall–Kier alpha value is -0.860. The van der Waals surface area contributed by atoms with Gasteiger partial charge in [-0.15, -0.1) is 0 Å². The number of methoxy groups -OCH3 is 1. The lowest BCUT2D eigenvalue weighted by molar-refractivity contribution is 0.161. The van der Waals surface area contributed by atoms with Crippen LogP contribution in [0.4, 0.5) is 0 Å². The largest absolute Gasteiger partial charge is 0.385 e. The van der Waals surface area contributed by atoms with E-state index < -0.39 is 0 Å². The highest BCUT2D eigenvalue weighted by atomic mass is 16.5. The lowest BCUT2D eigenvalue weighted by Crippen LogP contribution is -2.39. The molecule has 0 saturated carbocycles. The van der Waals surface area contributed by atoms with E-state index in [2.05, 4.69) is 24.3 Å². The highest BCUT2D eigenvalue weighted by molar-refractivity contribution is 5.37. The Labute approximate surface area is 97.8 Å². The summed E-state index contributed by atoms with van der Waals surface area (Å²) in [4.78, 5) is 0. The van der Waals surface area contributed by atoms with Gasteiger partial charge in [-0.2, -0.15) is 0 Å². The number of benzene rings is 1. The number of rotatable bonds is 4. The summed E-state index contributed by atoms with van der Waals surface area (Å²) in [6.45, 7) is 1.53. The van der Waals surface area contributed by atoms with Crippen LogP contribution in [-0.2, 0) is 16.6 Å². The van der Waals surface area contributed by atoms with E-state index in [1.165, 1.54) is 30.4 Å². The highest BCUT2D eigenvalue weighted by Crippen LogP contribution is 2.39. The topological polar surface area (TPSA) is 35.2 Å². The summed E-state index contributed by atoms with van der Waals surface area (Å²) < 4.78 is 5.23. The Kier molecular flexibility index (Phi) is 3.62. The minimum Gasteiger partial charge on any atom is -0.385 e. The van der Waals surface area contributed by atoms with E-state index in [0.29, 0.717) is 0 Å². The van der Waals surface area contributed by atoms with Crippen LogP contribution in [0.15, 0.2) is 24.3 Å². The Balaban J connectivity index is 2.33. The molecule has 2 rings (SSSR count). The molecule has 1 aliphatic carbocycles. The van der Waals surface area contributed by atoms with Gasteiger partial charge in [-0.1, -0.05) is 24.3 Å². The van der Waals surface area contributed by atoms with E-state index >= 15 is 0 Å². The van der Waals surface area contributed by atoms with Crippen molar-refractivity contribution in [3.8, 4) is 0 Å². The molecular formula is C14H21NO. The van der Waals surface area contributed by atoms with Gasteiger partial charge in [-0.05, 0) is 36.8 Å². The van der Waals surface area contributed by atoms with Crippen LogP contribution in [0.25, 0.3) is 0 Å². The fourth-order valence-electron chi connectivity index (χ4n) is 2.88. The first-order valence-electron chi connectivity index (χ1n) is 6.10. The maximum atomic E-state index is 6.04. The van der Waals surface area contributed by atoms with Crippen molar-refractivity contribution in [1.82, 2.24) is 0 Å². The molecule has 0 aliphatic heterocycles. The second-order valence-electron chi connectivity index (χ2n) is 4.74. The van der Waals surface area contributed by atoms with Gasteiger partial charge in [0.15, 0.2) is 0 Å². The predicted octanol–water partition coefficient (Wildman–Crippen LogP) is 2.26. The maximum absolute atomic E-state index is 6.04. The summed E-state index contributed by atoms with van der Waals surface area (Å²) in [6, 6.07) is 8.74. The summed E-state index contributed by atoms with van der Waals surface area (Å²) in [5, 5.41) is 0. The van der Waals surface area contributed by atoms with Gasteiger partial charge in [0.1, 0.15) is 0 Å². The van der Waals surface area contributed by atoms with Crippen LogP contribution in [0.2, 0.25) is 0 Å². The van der Waals surface area contributed by atoms with E-state index in [-0.39, 0.29) is 5.41 Å². The normalized spacial score (nSPS) is 24.1. The first kappa shape index (κ1) is 11.6. The van der Waals surface area contributed by atoms with Gasteiger partial charge in [-0.3, -0.25) is 0 Å². The number of hydrogen-bond acceptors (Lipinski definition) is 2. The van der Waals surface area contributed by atoms with Gasteiger partial charge in [0.2, 0.25) is 0 Å². The van der Waals surface area contributed by atoms with Gasteiger partial charge in [0.05, 0.1) is 0 Å². The fraction of sp³-hybridized carbons (Fsp3) is 0.571. The molecule has 88 valence electrons. The SMILES string of the molecule is COCCC1(CN)CCCc2ccccc21. The first-order chi connectivity index (χ1) is 7.82. The van der Waals surface area contributed by atoms with Crippen LogP contribution in [0.3, 0.4) is 0 Å². The predicted molar refractivity (Wildman–Crippen MR) is 66.6 cm³/mol. The molecule has 0 saturated heterocycles. The van der Waals surface area contributed by atoms with E-state index in [9.17, 15) is 0 Å². The van der Waals surface area contributed by atoms with Crippen molar-refractivity contribution in [2.45, 2.75) is 31.1 Å². The molecule has 0 amide bonds. The average Bonchev–Trinajstić information content (AvgIpc) is 2.36. The van der Waals surface area contributed by atoms with E-state index in [1.54, 1.807) is 7.11 Å². The monoisotopic (exact) mass is 219 g/mol. The van der Waals surface area contributed by atoms with Crippen LogP contribution in [0, 0.1) is 0 Å². The van der Waals surface area contributed by atoms with Gasteiger partial charge in [0, 0.05) is 25.7 Å². The average molecular weight is 219 g/mol. The molecule has 1 atom stereocenters.